The van der Waals surface area contributed by atoms with E-state index in [1.807, 2.05) is 66.1 Å². The predicted molar refractivity (Wildman–Crippen MR) is 142 cm³/mol. The van der Waals surface area contributed by atoms with E-state index < -0.39 is 29.1 Å². The van der Waals surface area contributed by atoms with Gasteiger partial charge in [-0.1, -0.05) is 50.2 Å². The summed E-state index contributed by atoms with van der Waals surface area (Å²) in [5.74, 6) is -2.66. The number of hydrogen-bond donors (Lipinski definition) is 1. The Hall–Kier alpha value is -3.03. The molecule has 8 heteroatoms. The van der Waals surface area contributed by atoms with Gasteiger partial charge in [0.2, 0.25) is 5.91 Å². The lowest BCUT2D eigenvalue weighted by molar-refractivity contribution is -0.152. The van der Waals surface area contributed by atoms with Crippen LogP contribution in [0.2, 0.25) is 0 Å². The standard InChI is InChI=1S/C29H31F2N3O2.ClH/c1-19-15-34(16-20(2)29(19,36)21-7-4-3-5-8-21)28(35)26-18-33(23-9-6-12-32-14-23)17-25(26)24-11-10-22(30)13-27(24)31;/h3-14,19-20,25-26,36H,15-18H2,1-2H3;1H/t19-,20+,25-,26+,29+;/m0./s1. The van der Waals surface area contributed by atoms with E-state index in [0.717, 1.165) is 17.3 Å². The van der Waals surface area contributed by atoms with E-state index in [1.54, 1.807) is 12.4 Å². The first-order valence-corrected chi connectivity index (χ1v) is 12.5. The highest BCUT2D eigenvalue weighted by Gasteiger charge is 2.49. The van der Waals surface area contributed by atoms with Gasteiger partial charge in [0, 0.05) is 56.2 Å². The smallest absolute Gasteiger partial charge is 0.228 e. The lowest BCUT2D eigenvalue weighted by Gasteiger charge is -2.48. The van der Waals surface area contributed by atoms with Gasteiger partial charge in [-0.05, 0) is 29.3 Å². The van der Waals surface area contributed by atoms with Crippen LogP contribution >= 0.6 is 12.4 Å². The molecule has 3 aromatic rings. The zero-order chi connectivity index (χ0) is 25.4. The molecule has 0 radical (unpaired) electrons. The monoisotopic (exact) mass is 527 g/mol. The number of hydrogen-bond acceptors (Lipinski definition) is 4. The van der Waals surface area contributed by atoms with Crippen LogP contribution in [0.25, 0.3) is 0 Å². The van der Waals surface area contributed by atoms with Crippen LogP contribution in [0.5, 0.6) is 0 Å². The fraction of sp³-hybridized carbons (Fsp3) is 0.379. The van der Waals surface area contributed by atoms with Gasteiger partial charge < -0.3 is 14.9 Å². The number of rotatable bonds is 4. The highest BCUT2D eigenvalue weighted by molar-refractivity contribution is 5.85. The second-order valence-corrected chi connectivity index (χ2v) is 10.2. The van der Waals surface area contributed by atoms with Crippen molar-refractivity contribution >= 4 is 24.0 Å². The van der Waals surface area contributed by atoms with Gasteiger partial charge in [-0.25, -0.2) is 8.78 Å². The molecule has 2 aromatic carbocycles. The van der Waals surface area contributed by atoms with Crippen molar-refractivity contribution in [3.05, 3.63) is 95.8 Å². The molecule has 5 nitrogen and oxygen atoms in total. The van der Waals surface area contributed by atoms with Crippen molar-refractivity contribution in [3.8, 4) is 0 Å². The third-order valence-corrected chi connectivity index (χ3v) is 8.05. The fourth-order valence-corrected chi connectivity index (χ4v) is 6.11. The Morgan fingerprint density at radius 2 is 1.68 bits per heavy atom. The Balaban J connectivity index is 0.00000320. The van der Waals surface area contributed by atoms with E-state index >= 15 is 0 Å². The van der Waals surface area contributed by atoms with Gasteiger partial charge in [0.05, 0.1) is 23.4 Å². The fourth-order valence-electron chi connectivity index (χ4n) is 6.11. The van der Waals surface area contributed by atoms with Gasteiger partial charge in [-0.15, -0.1) is 12.4 Å². The van der Waals surface area contributed by atoms with E-state index in [4.69, 9.17) is 0 Å². The summed E-state index contributed by atoms with van der Waals surface area (Å²) in [6.45, 7) is 5.58. The maximum atomic E-state index is 14.9. The predicted octanol–water partition coefficient (Wildman–Crippen LogP) is 5.00. The summed E-state index contributed by atoms with van der Waals surface area (Å²) in [7, 11) is 0. The van der Waals surface area contributed by atoms with Crippen LogP contribution in [0.1, 0.15) is 30.9 Å². The molecule has 0 unspecified atom stereocenters. The Morgan fingerprint density at radius 1 is 0.973 bits per heavy atom. The summed E-state index contributed by atoms with van der Waals surface area (Å²) in [6.07, 6.45) is 3.42. The molecule has 0 saturated carbocycles. The van der Waals surface area contributed by atoms with Gasteiger partial charge in [-0.3, -0.25) is 9.78 Å². The average Bonchev–Trinajstić information content (AvgIpc) is 3.32. The summed E-state index contributed by atoms with van der Waals surface area (Å²) in [5.41, 5.74) is 1.02. The number of aliphatic hydroxyl groups is 1. The van der Waals surface area contributed by atoms with E-state index in [1.165, 1.54) is 12.1 Å². The topological polar surface area (TPSA) is 56.7 Å². The lowest BCUT2D eigenvalue weighted by Crippen LogP contribution is -2.57. The van der Waals surface area contributed by atoms with Crippen molar-refractivity contribution in [1.82, 2.24) is 9.88 Å². The Bertz CT molecular complexity index is 1220. The number of amides is 1. The van der Waals surface area contributed by atoms with Crippen LogP contribution in [0.3, 0.4) is 0 Å². The molecule has 1 amide bonds. The van der Waals surface area contributed by atoms with Crippen LogP contribution in [-0.4, -0.2) is 47.1 Å². The molecule has 37 heavy (non-hydrogen) atoms. The van der Waals surface area contributed by atoms with E-state index in [-0.39, 0.29) is 30.2 Å². The van der Waals surface area contributed by atoms with E-state index in [9.17, 15) is 18.7 Å². The Kier molecular flexibility index (Phi) is 7.85. The van der Waals surface area contributed by atoms with Crippen LogP contribution in [0, 0.1) is 29.4 Å². The van der Waals surface area contributed by atoms with Gasteiger partial charge in [0.15, 0.2) is 0 Å². The van der Waals surface area contributed by atoms with Crippen LogP contribution < -0.4 is 4.90 Å². The third kappa shape index (κ3) is 4.94. The summed E-state index contributed by atoms with van der Waals surface area (Å²) < 4.78 is 28.6. The molecule has 3 heterocycles. The molecule has 196 valence electrons. The number of carbonyl (C=O) groups is 1. The molecule has 1 aromatic heterocycles. The number of likely N-dealkylation sites (tertiary alicyclic amines) is 1. The summed E-state index contributed by atoms with van der Waals surface area (Å²) in [6, 6.07) is 16.9. The molecule has 2 aliphatic heterocycles. The quantitative estimate of drug-likeness (QED) is 0.518. The number of halogens is 3. The van der Waals surface area contributed by atoms with Crippen molar-refractivity contribution in [2.24, 2.45) is 17.8 Å². The van der Waals surface area contributed by atoms with Gasteiger partial charge >= 0.3 is 0 Å². The molecule has 2 fully saturated rings. The van der Waals surface area contributed by atoms with Crippen molar-refractivity contribution in [1.29, 1.82) is 0 Å². The molecular formula is C29H32ClF2N3O2. The second-order valence-electron chi connectivity index (χ2n) is 10.2. The second kappa shape index (κ2) is 10.8. The number of benzene rings is 2. The molecule has 0 aliphatic carbocycles. The highest BCUT2D eigenvalue weighted by atomic mass is 35.5. The molecule has 2 aliphatic rings. The minimum absolute atomic E-state index is 0. The van der Waals surface area contributed by atoms with Crippen molar-refractivity contribution in [2.45, 2.75) is 25.4 Å². The maximum Gasteiger partial charge on any atom is 0.228 e. The van der Waals surface area contributed by atoms with Gasteiger partial charge in [-0.2, -0.15) is 0 Å². The largest absolute Gasteiger partial charge is 0.384 e. The minimum atomic E-state index is -1.04. The van der Waals surface area contributed by atoms with Gasteiger partial charge in [0.25, 0.3) is 0 Å². The van der Waals surface area contributed by atoms with Crippen LogP contribution in [-0.2, 0) is 10.4 Å². The summed E-state index contributed by atoms with van der Waals surface area (Å²) >= 11 is 0. The first-order chi connectivity index (χ1) is 17.3. The minimum Gasteiger partial charge on any atom is -0.384 e. The zero-order valence-corrected chi connectivity index (χ0v) is 21.7. The molecular weight excluding hydrogens is 496 g/mol. The summed E-state index contributed by atoms with van der Waals surface area (Å²) in [4.78, 5) is 22.0. The SMILES string of the molecule is C[C@@H]1CN(C(=O)[C@@H]2CN(c3cccnc3)C[C@H]2c2ccc(F)cc2F)C[C@H](C)[C@]1(O)c1ccccc1.Cl. The van der Waals surface area contributed by atoms with Crippen molar-refractivity contribution in [2.75, 3.05) is 31.1 Å². The molecule has 0 bridgehead atoms. The molecule has 5 atom stereocenters. The maximum absolute atomic E-state index is 14.9. The number of pyridine rings is 1. The number of nitrogens with zero attached hydrogens (tertiary/aromatic N) is 3. The highest BCUT2D eigenvalue weighted by Crippen LogP contribution is 2.43. The molecule has 0 spiro atoms. The van der Waals surface area contributed by atoms with Crippen molar-refractivity contribution < 1.29 is 18.7 Å². The van der Waals surface area contributed by atoms with Crippen molar-refractivity contribution in [3.63, 3.8) is 0 Å². The number of anilines is 1. The third-order valence-electron chi connectivity index (χ3n) is 8.05. The zero-order valence-electron chi connectivity index (χ0n) is 20.9. The molecule has 2 saturated heterocycles. The first-order valence-electron chi connectivity index (χ1n) is 12.5. The van der Waals surface area contributed by atoms with E-state index in [2.05, 4.69) is 4.98 Å². The van der Waals surface area contributed by atoms with E-state index in [0.29, 0.717) is 31.7 Å². The van der Waals surface area contributed by atoms with Crippen LogP contribution in [0.4, 0.5) is 14.5 Å². The number of aromatic nitrogens is 1. The van der Waals surface area contributed by atoms with Crippen LogP contribution in [0.15, 0.2) is 73.1 Å². The molecule has 1 N–H and O–H groups in total. The first kappa shape index (κ1) is 27.0. The normalized spacial score (nSPS) is 27.6. The molecule has 5 rings (SSSR count). The number of piperidine rings is 1. The number of carbonyl (C=O) groups excluding carboxylic acids is 1. The summed E-state index contributed by atoms with van der Waals surface area (Å²) in [5, 5.41) is 11.7. The Labute approximate surface area is 222 Å². The Morgan fingerprint density at radius 3 is 2.30 bits per heavy atom. The van der Waals surface area contributed by atoms with Gasteiger partial charge in [0.1, 0.15) is 11.6 Å². The average molecular weight is 528 g/mol. The lowest BCUT2D eigenvalue weighted by atomic mass is 9.70.